The molecule has 0 N–H and O–H groups in total. The van der Waals surface area contributed by atoms with Gasteiger partial charge in [0.25, 0.3) is 0 Å². The summed E-state index contributed by atoms with van der Waals surface area (Å²) in [5.41, 5.74) is 1.06. The fraction of sp³-hybridized carbons (Fsp3) is 0.474. The molecule has 3 unspecified atom stereocenters. The summed E-state index contributed by atoms with van der Waals surface area (Å²) in [6.07, 6.45) is 2.96. The Bertz CT molecular complexity index is 680. The fourth-order valence-corrected chi connectivity index (χ4v) is 3.21. The van der Waals surface area contributed by atoms with Crippen LogP contribution in [0.2, 0.25) is 0 Å². The van der Waals surface area contributed by atoms with Gasteiger partial charge < -0.3 is 18.9 Å². The van der Waals surface area contributed by atoms with Gasteiger partial charge in [-0.3, -0.25) is 4.79 Å². The van der Waals surface area contributed by atoms with Crippen molar-refractivity contribution in [2.45, 2.75) is 38.4 Å². The Labute approximate surface area is 146 Å². The highest BCUT2D eigenvalue weighted by atomic mass is 16.6. The lowest BCUT2D eigenvalue weighted by molar-refractivity contribution is -0.152. The van der Waals surface area contributed by atoms with Crippen LogP contribution in [0.5, 0.6) is 5.75 Å². The normalized spacial score (nSPS) is 25.4. The summed E-state index contributed by atoms with van der Waals surface area (Å²) in [7, 11) is 1.33. The van der Waals surface area contributed by atoms with E-state index in [1.54, 1.807) is 0 Å². The Kier molecular flexibility index (Phi) is 5.38. The molecule has 1 aromatic carbocycles. The summed E-state index contributed by atoms with van der Waals surface area (Å²) < 4.78 is 21.5. The lowest BCUT2D eigenvalue weighted by Crippen LogP contribution is -2.42. The summed E-state index contributed by atoms with van der Waals surface area (Å²) in [6.45, 7) is 1.89. The van der Waals surface area contributed by atoms with E-state index in [2.05, 4.69) is 4.74 Å². The van der Waals surface area contributed by atoms with Crippen LogP contribution in [0.15, 0.2) is 36.3 Å². The van der Waals surface area contributed by atoms with E-state index >= 15 is 0 Å². The van der Waals surface area contributed by atoms with Gasteiger partial charge in [0.05, 0.1) is 19.1 Å². The summed E-state index contributed by atoms with van der Waals surface area (Å²) in [4.78, 5) is 23.9. The minimum atomic E-state index is -0.406. The molecule has 0 radical (unpaired) electrons. The molecule has 0 amide bonds. The molecule has 6 heteroatoms. The Morgan fingerprint density at radius 3 is 2.92 bits per heavy atom. The molecule has 3 rings (SSSR count). The predicted octanol–water partition coefficient (Wildman–Crippen LogP) is 2.54. The number of fused-ring (bicyclic) bond motifs is 1. The van der Waals surface area contributed by atoms with Gasteiger partial charge in [-0.1, -0.05) is 12.1 Å². The van der Waals surface area contributed by atoms with E-state index in [0.29, 0.717) is 25.0 Å². The smallest absolute Gasteiger partial charge is 0.331 e. The van der Waals surface area contributed by atoms with Crippen LogP contribution in [0.4, 0.5) is 0 Å². The highest BCUT2D eigenvalue weighted by Crippen LogP contribution is 2.35. The third-order valence-corrected chi connectivity index (χ3v) is 4.56. The molecule has 0 bridgehead atoms. The third-order valence-electron chi connectivity index (χ3n) is 4.56. The first-order chi connectivity index (χ1) is 12.1. The molecule has 6 nitrogen and oxygen atoms in total. The van der Waals surface area contributed by atoms with E-state index in [1.807, 2.05) is 31.2 Å². The molecule has 1 aromatic rings. The zero-order valence-corrected chi connectivity index (χ0v) is 14.4. The topological polar surface area (TPSA) is 71.1 Å². The van der Waals surface area contributed by atoms with E-state index in [1.165, 1.54) is 13.4 Å². The zero-order valence-electron chi connectivity index (χ0n) is 14.4. The number of esters is 1. The van der Waals surface area contributed by atoms with Crippen LogP contribution in [0.1, 0.15) is 24.8 Å². The fourth-order valence-electron chi connectivity index (χ4n) is 3.21. The van der Waals surface area contributed by atoms with Crippen LogP contribution in [-0.4, -0.2) is 37.7 Å². The number of rotatable bonds is 5. The molecule has 2 aliphatic rings. The first kappa shape index (κ1) is 17.5. The molecule has 1 saturated carbocycles. The highest BCUT2D eigenvalue weighted by molar-refractivity contribution is 5.96. The Balaban J connectivity index is 1.60. The van der Waals surface area contributed by atoms with Crippen molar-refractivity contribution in [1.29, 1.82) is 0 Å². The summed E-state index contributed by atoms with van der Waals surface area (Å²) in [5, 5.41) is 0. The molecule has 134 valence electrons. The second-order valence-electron chi connectivity index (χ2n) is 6.37. The molecule has 1 heterocycles. The molecule has 0 aromatic heterocycles. The molecule has 1 aliphatic heterocycles. The second kappa shape index (κ2) is 7.70. The van der Waals surface area contributed by atoms with Crippen LogP contribution in [-0.2, 0) is 23.8 Å². The SMILES string of the molecule is COC(=O)COC1CCC2C(=O)C(Oc3cccc(C)c3)=COC2C1. The number of ketones is 1. The van der Waals surface area contributed by atoms with Crippen molar-refractivity contribution in [3.05, 3.63) is 41.9 Å². The maximum atomic E-state index is 12.7. The van der Waals surface area contributed by atoms with Crippen molar-refractivity contribution in [1.82, 2.24) is 0 Å². The minimum absolute atomic E-state index is 0.0378. The van der Waals surface area contributed by atoms with Gasteiger partial charge in [0.15, 0.2) is 0 Å². The van der Waals surface area contributed by atoms with Crippen LogP contribution < -0.4 is 4.74 Å². The van der Waals surface area contributed by atoms with Crippen molar-refractivity contribution in [2.24, 2.45) is 5.92 Å². The minimum Gasteiger partial charge on any atom is -0.493 e. The summed E-state index contributed by atoms with van der Waals surface area (Å²) >= 11 is 0. The number of carbonyl (C=O) groups is 2. The first-order valence-electron chi connectivity index (χ1n) is 8.39. The molecule has 0 spiro atoms. The first-order valence-corrected chi connectivity index (χ1v) is 8.39. The molecule has 3 atom stereocenters. The Morgan fingerprint density at radius 1 is 1.32 bits per heavy atom. The largest absolute Gasteiger partial charge is 0.493 e. The molecule has 1 aliphatic carbocycles. The van der Waals surface area contributed by atoms with E-state index in [4.69, 9.17) is 14.2 Å². The van der Waals surface area contributed by atoms with E-state index in [0.717, 1.165) is 5.56 Å². The van der Waals surface area contributed by atoms with E-state index in [-0.39, 0.29) is 36.3 Å². The zero-order chi connectivity index (χ0) is 17.8. The number of hydrogen-bond acceptors (Lipinski definition) is 6. The van der Waals surface area contributed by atoms with Gasteiger partial charge in [-0.15, -0.1) is 0 Å². The van der Waals surface area contributed by atoms with E-state index in [9.17, 15) is 9.59 Å². The molecular weight excluding hydrogens is 324 g/mol. The Hall–Kier alpha value is -2.34. The number of carbonyl (C=O) groups excluding carboxylic acids is 2. The quantitative estimate of drug-likeness (QED) is 0.763. The van der Waals surface area contributed by atoms with Gasteiger partial charge in [-0.05, 0) is 37.5 Å². The van der Waals surface area contributed by atoms with Gasteiger partial charge in [-0.25, -0.2) is 4.79 Å². The highest BCUT2D eigenvalue weighted by Gasteiger charge is 2.41. The van der Waals surface area contributed by atoms with Gasteiger partial charge >= 0.3 is 5.97 Å². The lowest BCUT2D eigenvalue weighted by atomic mass is 9.80. The predicted molar refractivity (Wildman–Crippen MR) is 88.9 cm³/mol. The van der Waals surface area contributed by atoms with Gasteiger partial charge in [0.2, 0.25) is 11.5 Å². The standard InChI is InChI=1S/C19H22O6/c1-12-4-3-5-14(8-12)25-17-10-24-16-9-13(23-11-18(20)22-2)6-7-15(16)19(17)21/h3-5,8,10,13,15-16H,6-7,9,11H2,1-2H3. The van der Waals surface area contributed by atoms with Crippen molar-refractivity contribution >= 4 is 11.8 Å². The summed E-state index contributed by atoms with van der Waals surface area (Å²) in [5.74, 6) is 0.181. The molecular formula is C19H22O6. The van der Waals surface area contributed by atoms with Crippen molar-refractivity contribution in [3.63, 3.8) is 0 Å². The van der Waals surface area contributed by atoms with Crippen LogP contribution in [0, 0.1) is 12.8 Å². The lowest BCUT2D eigenvalue weighted by Gasteiger charge is -2.36. The van der Waals surface area contributed by atoms with Crippen molar-refractivity contribution < 1.29 is 28.5 Å². The second-order valence-corrected chi connectivity index (χ2v) is 6.37. The van der Waals surface area contributed by atoms with E-state index < -0.39 is 5.97 Å². The number of aryl methyl sites for hydroxylation is 1. The maximum Gasteiger partial charge on any atom is 0.331 e. The third kappa shape index (κ3) is 4.20. The molecule has 1 fully saturated rings. The number of ether oxygens (including phenoxy) is 4. The van der Waals surface area contributed by atoms with Gasteiger partial charge in [0.1, 0.15) is 24.7 Å². The van der Waals surface area contributed by atoms with Crippen LogP contribution >= 0.6 is 0 Å². The average Bonchev–Trinajstić information content (AvgIpc) is 2.62. The Morgan fingerprint density at radius 2 is 2.16 bits per heavy atom. The average molecular weight is 346 g/mol. The number of allylic oxidation sites excluding steroid dienone is 1. The molecule has 25 heavy (non-hydrogen) atoms. The number of benzene rings is 1. The van der Waals surface area contributed by atoms with Crippen molar-refractivity contribution in [2.75, 3.05) is 13.7 Å². The number of methoxy groups -OCH3 is 1. The van der Waals surface area contributed by atoms with Crippen LogP contribution in [0.25, 0.3) is 0 Å². The van der Waals surface area contributed by atoms with Crippen LogP contribution in [0.3, 0.4) is 0 Å². The maximum absolute atomic E-state index is 12.7. The summed E-state index contributed by atoms with van der Waals surface area (Å²) in [6, 6.07) is 7.53. The van der Waals surface area contributed by atoms with Gasteiger partial charge in [-0.2, -0.15) is 0 Å². The number of Topliss-reactive ketones (excluding diaryl/α,β-unsaturated/α-hetero) is 1. The molecule has 0 saturated heterocycles. The number of hydrogen-bond donors (Lipinski definition) is 0. The van der Waals surface area contributed by atoms with Crippen molar-refractivity contribution in [3.8, 4) is 5.75 Å². The monoisotopic (exact) mass is 346 g/mol. The van der Waals surface area contributed by atoms with Gasteiger partial charge in [0, 0.05) is 6.42 Å².